The van der Waals surface area contributed by atoms with Gasteiger partial charge in [0, 0.05) is 6.54 Å². The van der Waals surface area contributed by atoms with Crippen LogP contribution in [0.15, 0.2) is 29.0 Å². The van der Waals surface area contributed by atoms with Gasteiger partial charge in [-0.05, 0) is 34.5 Å². The maximum Gasteiger partial charge on any atom is 0.336 e. The smallest absolute Gasteiger partial charge is 0.336 e. The molecule has 1 aromatic heterocycles. The minimum atomic E-state index is -1.50. The number of rotatable bonds is 4. The number of benzene rings is 1. The maximum atomic E-state index is 13.2. The monoisotopic (exact) mass is 297 g/mol. The summed E-state index contributed by atoms with van der Waals surface area (Å²) in [5, 5.41) is 15.0. The second-order valence-electron chi connectivity index (χ2n) is 3.93. The fraction of sp³-hybridized carbons (Fsp3) is 0.0769. The summed E-state index contributed by atoms with van der Waals surface area (Å²) in [6.45, 7) is 0.181. The van der Waals surface area contributed by atoms with E-state index in [1.54, 1.807) is 6.07 Å². The van der Waals surface area contributed by atoms with Crippen molar-refractivity contribution in [2.75, 3.05) is 0 Å². The molecule has 0 radical (unpaired) electrons. The molecule has 0 spiro atoms. The van der Waals surface area contributed by atoms with Crippen LogP contribution >= 0.6 is 11.3 Å². The van der Waals surface area contributed by atoms with Crippen molar-refractivity contribution in [2.45, 2.75) is 6.54 Å². The largest absolute Gasteiger partial charge is 0.478 e. The standard InChI is InChI=1S/C13H9F2NO3S/c14-10-3-8(9(13(18)19)4-11(10)15)12(17)16-5-7-1-2-20-6-7/h1-4,6H,5H2,(H,16,17)(H,18,19). The lowest BCUT2D eigenvalue weighted by molar-refractivity contribution is 0.0690. The Bertz CT molecular complexity index is 656. The van der Waals surface area contributed by atoms with Gasteiger partial charge in [0.15, 0.2) is 11.6 Å². The number of carbonyl (C=O) groups excluding carboxylic acids is 1. The highest BCUT2D eigenvalue weighted by Gasteiger charge is 2.20. The number of carboxylic acid groups (broad SMARTS) is 1. The molecule has 0 aliphatic rings. The van der Waals surface area contributed by atoms with E-state index in [-0.39, 0.29) is 6.54 Å². The van der Waals surface area contributed by atoms with E-state index in [0.717, 1.165) is 5.56 Å². The molecule has 1 amide bonds. The second kappa shape index (κ2) is 5.79. The van der Waals surface area contributed by atoms with Crippen molar-refractivity contribution < 1.29 is 23.5 Å². The van der Waals surface area contributed by atoms with Crippen LogP contribution in [0.3, 0.4) is 0 Å². The third-order valence-corrected chi connectivity index (χ3v) is 3.30. The van der Waals surface area contributed by atoms with Gasteiger partial charge in [0.1, 0.15) is 0 Å². The van der Waals surface area contributed by atoms with Gasteiger partial charge in [-0.1, -0.05) is 0 Å². The first-order chi connectivity index (χ1) is 9.49. The van der Waals surface area contributed by atoms with Crippen LogP contribution in [0.1, 0.15) is 26.3 Å². The normalized spacial score (nSPS) is 10.3. The van der Waals surface area contributed by atoms with Gasteiger partial charge in [-0.15, -0.1) is 0 Å². The number of amides is 1. The van der Waals surface area contributed by atoms with E-state index < -0.39 is 34.6 Å². The molecule has 2 aromatic rings. The van der Waals surface area contributed by atoms with Crippen molar-refractivity contribution in [3.8, 4) is 0 Å². The fourth-order valence-electron chi connectivity index (χ4n) is 1.58. The molecule has 20 heavy (non-hydrogen) atoms. The molecule has 0 saturated heterocycles. The number of halogens is 2. The molecule has 0 aliphatic heterocycles. The van der Waals surface area contributed by atoms with Crippen molar-refractivity contribution >= 4 is 23.2 Å². The summed E-state index contributed by atoms with van der Waals surface area (Å²) in [5.41, 5.74) is -0.152. The summed E-state index contributed by atoms with van der Waals surface area (Å²) >= 11 is 1.44. The lowest BCUT2D eigenvalue weighted by atomic mass is 10.1. The van der Waals surface area contributed by atoms with Crippen LogP contribution in [0.5, 0.6) is 0 Å². The molecule has 2 rings (SSSR count). The van der Waals surface area contributed by atoms with Crippen LogP contribution in [0.4, 0.5) is 8.78 Å². The zero-order valence-corrected chi connectivity index (χ0v) is 10.8. The molecule has 0 bridgehead atoms. The van der Waals surface area contributed by atoms with Crippen molar-refractivity contribution in [1.29, 1.82) is 0 Å². The van der Waals surface area contributed by atoms with Crippen molar-refractivity contribution in [3.63, 3.8) is 0 Å². The summed E-state index contributed by atoms with van der Waals surface area (Å²) in [4.78, 5) is 22.8. The molecule has 0 fully saturated rings. The van der Waals surface area contributed by atoms with E-state index in [1.807, 2.05) is 10.8 Å². The van der Waals surface area contributed by atoms with E-state index in [2.05, 4.69) is 5.32 Å². The van der Waals surface area contributed by atoms with Crippen LogP contribution in [0.25, 0.3) is 0 Å². The molecule has 0 aliphatic carbocycles. The molecular formula is C13H9F2NO3S. The molecule has 0 saturated carbocycles. The van der Waals surface area contributed by atoms with Gasteiger partial charge in [-0.3, -0.25) is 4.79 Å². The SMILES string of the molecule is O=C(O)c1cc(F)c(F)cc1C(=O)NCc1ccsc1. The Balaban J connectivity index is 2.24. The quantitative estimate of drug-likeness (QED) is 0.911. The van der Waals surface area contributed by atoms with Crippen LogP contribution < -0.4 is 5.32 Å². The van der Waals surface area contributed by atoms with E-state index in [4.69, 9.17) is 5.11 Å². The Hall–Kier alpha value is -2.28. The number of hydrogen-bond acceptors (Lipinski definition) is 3. The van der Waals surface area contributed by atoms with E-state index in [1.165, 1.54) is 11.3 Å². The summed E-state index contributed by atoms with van der Waals surface area (Å²) in [7, 11) is 0. The van der Waals surface area contributed by atoms with Crippen molar-refractivity contribution in [2.24, 2.45) is 0 Å². The summed E-state index contributed by atoms with van der Waals surface area (Å²) < 4.78 is 26.2. The highest BCUT2D eigenvalue weighted by molar-refractivity contribution is 7.07. The van der Waals surface area contributed by atoms with Gasteiger partial charge in [-0.2, -0.15) is 11.3 Å². The minimum absolute atomic E-state index is 0.181. The Morgan fingerprint density at radius 3 is 2.40 bits per heavy atom. The Labute approximate surface area is 116 Å². The number of carboxylic acids is 1. The summed E-state index contributed by atoms with van der Waals surface area (Å²) in [5.74, 6) is -4.84. The predicted octanol–water partition coefficient (Wildman–Crippen LogP) is 2.65. The van der Waals surface area contributed by atoms with Gasteiger partial charge >= 0.3 is 5.97 Å². The highest BCUT2D eigenvalue weighted by Crippen LogP contribution is 2.16. The number of hydrogen-bond donors (Lipinski definition) is 2. The Morgan fingerprint density at radius 2 is 1.85 bits per heavy atom. The predicted molar refractivity (Wildman–Crippen MR) is 68.8 cm³/mol. The average Bonchev–Trinajstić information content (AvgIpc) is 2.91. The zero-order valence-electron chi connectivity index (χ0n) is 10.0. The molecule has 1 aromatic carbocycles. The number of carbonyl (C=O) groups is 2. The lowest BCUT2D eigenvalue weighted by Crippen LogP contribution is -2.25. The molecule has 104 valence electrons. The fourth-order valence-corrected chi connectivity index (χ4v) is 2.25. The van der Waals surface area contributed by atoms with Crippen LogP contribution in [-0.4, -0.2) is 17.0 Å². The molecule has 0 atom stereocenters. The van der Waals surface area contributed by atoms with Gasteiger partial charge in [0.05, 0.1) is 11.1 Å². The lowest BCUT2D eigenvalue weighted by Gasteiger charge is -2.08. The molecular weight excluding hydrogens is 288 g/mol. The third-order valence-electron chi connectivity index (χ3n) is 2.57. The van der Waals surface area contributed by atoms with Gasteiger partial charge in [0.25, 0.3) is 5.91 Å². The van der Waals surface area contributed by atoms with Gasteiger partial charge < -0.3 is 10.4 Å². The van der Waals surface area contributed by atoms with Crippen LogP contribution in [0, 0.1) is 11.6 Å². The zero-order chi connectivity index (χ0) is 14.7. The molecule has 1 heterocycles. The van der Waals surface area contributed by atoms with E-state index in [0.29, 0.717) is 12.1 Å². The topological polar surface area (TPSA) is 66.4 Å². The first kappa shape index (κ1) is 14.1. The van der Waals surface area contributed by atoms with E-state index >= 15 is 0 Å². The molecule has 7 heteroatoms. The Morgan fingerprint density at radius 1 is 1.20 bits per heavy atom. The summed E-state index contributed by atoms with van der Waals surface area (Å²) in [6.07, 6.45) is 0. The highest BCUT2D eigenvalue weighted by atomic mass is 32.1. The minimum Gasteiger partial charge on any atom is -0.478 e. The first-order valence-electron chi connectivity index (χ1n) is 5.50. The van der Waals surface area contributed by atoms with Crippen molar-refractivity contribution in [1.82, 2.24) is 5.32 Å². The van der Waals surface area contributed by atoms with E-state index in [9.17, 15) is 18.4 Å². The second-order valence-corrected chi connectivity index (χ2v) is 4.71. The number of thiophene rings is 1. The first-order valence-corrected chi connectivity index (χ1v) is 6.45. The average molecular weight is 297 g/mol. The number of aromatic carboxylic acids is 1. The molecule has 0 unspecified atom stereocenters. The molecule has 4 nitrogen and oxygen atoms in total. The summed E-state index contributed by atoms with van der Waals surface area (Å²) in [6, 6.07) is 2.87. The van der Waals surface area contributed by atoms with Crippen LogP contribution in [0.2, 0.25) is 0 Å². The maximum absolute atomic E-state index is 13.2. The number of nitrogens with one attached hydrogen (secondary N) is 1. The van der Waals surface area contributed by atoms with Gasteiger partial charge in [-0.25, -0.2) is 13.6 Å². The molecule has 2 N–H and O–H groups in total. The Kier molecular flexibility index (Phi) is 4.09. The van der Waals surface area contributed by atoms with Crippen molar-refractivity contribution in [3.05, 3.63) is 57.3 Å². The van der Waals surface area contributed by atoms with Gasteiger partial charge in [0.2, 0.25) is 0 Å². The third kappa shape index (κ3) is 3.00. The van der Waals surface area contributed by atoms with Crippen LogP contribution in [-0.2, 0) is 6.54 Å².